The first-order chi connectivity index (χ1) is 8.39. The third kappa shape index (κ3) is 2.29. The summed E-state index contributed by atoms with van der Waals surface area (Å²) in [5.41, 5.74) is 5.67. The summed E-state index contributed by atoms with van der Waals surface area (Å²) < 4.78 is 11.0. The summed E-state index contributed by atoms with van der Waals surface area (Å²) in [6.07, 6.45) is 4.19. The van der Waals surface area contributed by atoms with Crippen LogP contribution < -0.4 is 5.73 Å². The Hall–Kier alpha value is -0.940. The second-order valence-corrected chi connectivity index (χ2v) is 6.21. The number of methoxy groups -OCH3 is 1. The molecule has 0 aromatic carbocycles. The van der Waals surface area contributed by atoms with E-state index in [0.29, 0.717) is 11.7 Å². The molecule has 0 unspecified atom stereocenters. The van der Waals surface area contributed by atoms with Crippen LogP contribution in [-0.4, -0.2) is 17.3 Å². The maximum atomic E-state index is 6.13. The van der Waals surface area contributed by atoms with Crippen molar-refractivity contribution in [3.05, 3.63) is 11.7 Å². The maximum absolute atomic E-state index is 6.13. The predicted octanol–water partition coefficient (Wildman–Crippen LogP) is 2.53. The lowest BCUT2D eigenvalue weighted by Gasteiger charge is -2.24. The van der Waals surface area contributed by atoms with Gasteiger partial charge >= 0.3 is 0 Å². The van der Waals surface area contributed by atoms with E-state index in [9.17, 15) is 0 Å². The smallest absolute Gasteiger partial charge is 0.244 e. The predicted molar refractivity (Wildman–Crippen MR) is 67.8 cm³/mol. The lowest BCUT2D eigenvalue weighted by atomic mass is 9.87. The molecule has 102 valence electrons. The van der Waals surface area contributed by atoms with Crippen LogP contribution in [0.4, 0.5) is 0 Å². The second kappa shape index (κ2) is 4.63. The molecular formula is C13H23N3O2. The molecule has 0 amide bonds. The van der Waals surface area contributed by atoms with Gasteiger partial charge in [0.1, 0.15) is 5.60 Å². The highest BCUT2D eigenvalue weighted by molar-refractivity contribution is 5.06. The van der Waals surface area contributed by atoms with Crippen LogP contribution in [0.3, 0.4) is 0 Å². The third-order valence-electron chi connectivity index (χ3n) is 3.85. The van der Waals surface area contributed by atoms with Gasteiger partial charge in [0.15, 0.2) is 0 Å². The van der Waals surface area contributed by atoms with Crippen molar-refractivity contribution >= 4 is 0 Å². The molecule has 1 aliphatic carbocycles. The molecule has 5 nitrogen and oxygen atoms in total. The Morgan fingerprint density at radius 3 is 2.44 bits per heavy atom. The average Bonchev–Trinajstić information content (AvgIpc) is 2.96. The molecule has 0 bridgehead atoms. The maximum Gasteiger partial charge on any atom is 0.244 e. The van der Waals surface area contributed by atoms with Gasteiger partial charge in [0.05, 0.1) is 6.04 Å². The van der Waals surface area contributed by atoms with E-state index in [1.165, 1.54) is 0 Å². The zero-order valence-corrected chi connectivity index (χ0v) is 11.7. The molecule has 1 aromatic heterocycles. The first-order valence-electron chi connectivity index (χ1n) is 6.54. The van der Waals surface area contributed by atoms with E-state index < -0.39 is 0 Å². The van der Waals surface area contributed by atoms with E-state index >= 15 is 0 Å². The summed E-state index contributed by atoms with van der Waals surface area (Å²) in [6.45, 7) is 6.18. The zero-order valence-electron chi connectivity index (χ0n) is 11.7. The summed E-state index contributed by atoms with van der Waals surface area (Å²) >= 11 is 0. The van der Waals surface area contributed by atoms with Crippen molar-refractivity contribution in [1.29, 1.82) is 0 Å². The largest absolute Gasteiger partial charge is 0.370 e. The number of ether oxygens (including phenoxy) is 1. The van der Waals surface area contributed by atoms with Crippen LogP contribution in [0.15, 0.2) is 4.52 Å². The minimum atomic E-state index is -0.362. The van der Waals surface area contributed by atoms with Crippen LogP contribution in [-0.2, 0) is 10.3 Å². The fourth-order valence-corrected chi connectivity index (χ4v) is 2.38. The highest BCUT2D eigenvalue weighted by atomic mass is 16.5. The topological polar surface area (TPSA) is 74.2 Å². The minimum absolute atomic E-state index is 0.0975. The van der Waals surface area contributed by atoms with Crippen molar-refractivity contribution in [3.63, 3.8) is 0 Å². The first kappa shape index (κ1) is 13.5. The van der Waals surface area contributed by atoms with Crippen LogP contribution in [0.5, 0.6) is 0 Å². The molecule has 1 aromatic rings. The first-order valence-corrected chi connectivity index (χ1v) is 6.54. The van der Waals surface area contributed by atoms with Gasteiger partial charge in [-0.25, -0.2) is 0 Å². The molecule has 2 N–H and O–H groups in total. The quantitative estimate of drug-likeness (QED) is 0.896. The van der Waals surface area contributed by atoms with E-state index in [-0.39, 0.29) is 17.1 Å². The van der Waals surface area contributed by atoms with Crippen molar-refractivity contribution in [2.75, 3.05) is 7.11 Å². The summed E-state index contributed by atoms with van der Waals surface area (Å²) in [7, 11) is 1.71. The zero-order chi connectivity index (χ0) is 13.4. The molecule has 2 rings (SSSR count). The number of nitrogens with zero attached hydrogens (tertiary/aromatic N) is 2. The standard InChI is InChI=1S/C13H23N3O2/c1-12(2,3)9(14)10-15-11(16-18-10)13(17-4)7-5-6-8-13/h9H,5-8,14H2,1-4H3/t9-/m0/s1. The molecule has 0 radical (unpaired) electrons. The lowest BCUT2D eigenvalue weighted by Crippen LogP contribution is -2.28. The van der Waals surface area contributed by atoms with E-state index in [2.05, 4.69) is 30.9 Å². The molecule has 1 fully saturated rings. The van der Waals surface area contributed by atoms with Crippen molar-refractivity contribution < 1.29 is 9.26 Å². The SMILES string of the molecule is COC1(c2noc([C@H](N)C(C)(C)C)n2)CCCC1. The Labute approximate surface area is 108 Å². The van der Waals surface area contributed by atoms with Crippen LogP contribution in [0.2, 0.25) is 0 Å². The van der Waals surface area contributed by atoms with Crippen molar-refractivity contribution in [2.24, 2.45) is 11.1 Å². The Morgan fingerprint density at radius 1 is 1.33 bits per heavy atom. The minimum Gasteiger partial charge on any atom is -0.370 e. The molecule has 1 heterocycles. The summed E-state index contributed by atoms with van der Waals surface area (Å²) in [6, 6.07) is -0.256. The number of rotatable bonds is 3. The lowest BCUT2D eigenvalue weighted by molar-refractivity contribution is -0.0178. The van der Waals surface area contributed by atoms with Crippen molar-refractivity contribution in [3.8, 4) is 0 Å². The monoisotopic (exact) mass is 253 g/mol. The fourth-order valence-electron chi connectivity index (χ4n) is 2.38. The van der Waals surface area contributed by atoms with Gasteiger partial charge in [-0.2, -0.15) is 4.98 Å². The molecular weight excluding hydrogens is 230 g/mol. The van der Waals surface area contributed by atoms with E-state index in [4.69, 9.17) is 15.0 Å². The molecule has 0 aliphatic heterocycles. The average molecular weight is 253 g/mol. The van der Waals surface area contributed by atoms with Gasteiger partial charge in [-0.15, -0.1) is 0 Å². The van der Waals surface area contributed by atoms with Gasteiger partial charge in [-0.1, -0.05) is 25.9 Å². The van der Waals surface area contributed by atoms with Crippen LogP contribution in [0.1, 0.15) is 64.2 Å². The molecule has 1 aliphatic rings. The van der Waals surface area contributed by atoms with Gasteiger partial charge in [0.25, 0.3) is 0 Å². The van der Waals surface area contributed by atoms with Crippen LogP contribution >= 0.6 is 0 Å². The number of hydrogen-bond donors (Lipinski definition) is 1. The Kier molecular flexibility index (Phi) is 3.47. The Bertz CT molecular complexity index is 403. The van der Waals surface area contributed by atoms with Gasteiger partial charge in [-0.3, -0.25) is 0 Å². The van der Waals surface area contributed by atoms with Gasteiger partial charge in [0, 0.05) is 7.11 Å². The summed E-state index contributed by atoms with van der Waals surface area (Å²) in [5.74, 6) is 1.15. The number of aromatic nitrogens is 2. The Morgan fingerprint density at radius 2 is 1.94 bits per heavy atom. The number of nitrogens with two attached hydrogens (primary N) is 1. The van der Waals surface area contributed by atoms with E-state index in [0.717, 1.165) is 25.7 Å². The van der Waals surface area contributed by atoms with Gasteiger partial charge in [0.2, 0.25) is 11.7 Å². The third-order valence-corrected chi connectivity index (χ3v) is 3.85. The normalized spacial score (nSPS) is 21.2. The summed E-state index contributed by atoms with van der Waals surface area (Å²) in [4.78, 5) is 4.47. The second-order valence-electron chi connectivity index (χ2n) is 6.21. The molecule has 5 heteroatoms. The number of hydrogen-bond acceptors (Lipinski definition) is 5. The van der Waals surface area contributed by atoms with Crippen molar-refractivity contribution in [1.82, 2.24) is 10.1 Å². The molecule has 1 saturated carbocycles. The molecule has 0 spiro atoms. The van der Waals surface area contributed by atoms with Gasteiger partial charge < -0.3 is 15.0 Å². The van der Waals surface area contributed by atoms with Crippen molar-refractivity contribution in [2.45, 2.75) is 58.1 Å². The van der Waals surface area contributed by atoms with E-state index in [1.807, 2.05) is 0 Å². The van der Waals surface area contributed by atoms with Gasteiger partial charge in [-0.05, 0) is 31.1 Å². The highest BCUT2D eigenvalue weighted by Gasteiger charge is 2.41. The molecule has 18 heavy (non-hydrogen) atoms. The molecule has 1 atom stereocenters. The molecule has 0 saturated heterocycles. The van der Waals surface area contributed by atoms with Crippen LogP contribution in [0, 0.1) is 5.41 Å². The van der Waals surface area contributed by atoms with Crippen LogP contribution in [0.25, 0.3) is 0 Å². The summed E-state index contributed by atoms with van der Waals surface area (Å²) in [5, 5.41) is 4.08. The highest BCUT2D eigenvalue weighted by Crippen LogP contribution is 2.41. The fraction of sp³-hybridized carbons (Fsp3) is 0.846. The van der Waals surface area contributed by atoms with E-state index in [1.54, 1.807) is 7.11 Å². The Balaban J connectivity index is 2.25.